The van der Waals surface area contributed by atoms with Gasteiger partial charge in [-0.3, -0.25) is 10.1 Å². The molecule has 0 aromatic heterocycles. The van der Waals surface area contributed by atoms with Crippen molar-refractivity contribution < 1.29 is 4.79 Å². The van der Waals surface area contributed by atoms with Gasteiger partial charge in [0.25, 0.3) is 0 Å². The van der Waals surface area contributed by atoms with Gasteiger partial charge in [-0.05, 0) is 47.5 Å². The molecular weight excluding hydrogens is 250 g/mol. The maximum absolute atomic E-state index is 12.6. The van der Waals surface area contributed by atoms with E-state index < -0.39 is 5.54 Å². The minimum absolute atomic E-state index is 0.0822. The van der Waals surface area contributed by atoms with E-state index in [0.29, 0.717) is 0 Å². The van der Waals surface area contributed by atoms with Crippen molar-refractivity contribution in [2.75, 3.05) is 19.6 Å². The number of carbonyl (C=O) groups is 1. The van der Waals surface area contributed by atoms with E-state index in [-0.39, 0.29) is 17.0 Å². The third kappa shape index (κ3) is 4.19. The quantitative estimate of drug-likeness (QED) is 0.812. The van der Waals surface area contributed by atoms with Gasteiger partial charge in [0.1, 0.15) is 0 Å². The summed E-state index contributed by atoms with van der Waals surface area (Å²) in [6.07, 6.45) is 1.82. The summed E-state index contributed by atoms with van der Waals surface area (Å²) in [5, 5.41) is 7.18. The first-order chi connectivity index (χ1) is 9.05. The second-order valence-corrected chi connectivity index (χ2v) is 7.70. The molecule has 0 radical (unpaired) electrons. The highest BCUT2D eigenvalue weighted by Gasteiger charge is 2.46. The molecule has 2 atom stereocenters. The maximum atomic E-state index is 12.6. The van der Waals surface area contributed by atoms with Crippen LogP contribution in [-0.4, -0.2) is 47.1 Å². The molecule has 1 fully saturated rings. The third-order valence-electron chi connectivity index (χ3n) is 4.09. The van der Waals surface area contributed by atoms with Crippen LogP contribution in [0.2, 0.25) is 0 Å². The summed E-state index contributed by atoms with van der Waals surface area (Å²) in [6, 6.07) is 0. The fourth-order valence-corrected chi connectivity index (χ4v) is 2.85. The maximum Gasteiger partial charge on any atom is 0.242 e. The number of carbonyl (C=O) groups excluding carboxylic acids is 1. The average molecular weight is 283 g/mol. The summed E-state index contributed by atoms with van der Waals surface area (Å²) in [5.41, 5.74) is -0.437. The Morgan fingerprint density at radius 2 is 1.90 bits per heavy atom. The number of amides is 1. The molecule has 1 aliphatic rings. The highest BCUT2D eigenvalue weighted by Crippen LogP contribution is 2.25. The molecule has 1 aliphatic heterocycles. The zero-order valence-corrected chi connectivity index (χ0v) is 14.4. The SMILES string of the molecule is CCCN1CC(C)(CNC(C)(C)C)NC(C)(CC)C1=O. The number of hydrogen-bond acceptors (Lipinski definition) is 3. The Balaban J connectivity index is 2.89. The van der Waals surface area contributed by atoms with Crippen LogP contribution in [0.3, 0.4) is 0 Å². The summed E-state index contributed by atoms with van der Waals surface area (Å²) in [6.45, 7) is 17.5. The zero-order chi connectivity index (χ0) is 15.6. The highest BCUT2D eigenvalue weighted by molar-refractivity contribution is 5.87. The zero-order valence-electron chi connectivity index (χ0n) is 14.4. The number of nitrogens with zero attached hydrogens (tertiary/aromatic N) is 1. The molecule has 2 N–H and O–H groups in total. The van der Waals surface area contributed by atoms with E-state index >= 15 is 0 Å². The molecule has 0 bridgehead atoms. The monoisotopic (exact) mass is 283 g/mol. The topological polar surface area (TPSA) is 44.4 Å². The van der Waals surface area contributed by atoms with Gasteiger partial charge in [0, 0.05) is 30.7 Å². The molecule has 118 valence electrons. The van der Waals surface area contributed by atoms with Crippen molar-refractivity contribution in [1.29, 1.82) is 0 Å². The van der Waals surface area contributed by atoms with Crippen LogP contribution in [0.1, 0.15) is 61.3 Å². The van der Waals surface area contributed by atoms with Crippen LogP contribution in [-0.2, 0) is 4.79 Å². The van der Waals surface area contributed by atoms with Crippen LogP contribution in [0, 0.1) is 0 Å². The third-order valence-corrected chi connectivity index (χ3v) is 4.09. The van der Waals surface area contributed by atoms with E-state index in [0.717, 1.165) is 32.5 Å². The van der Waals surface area contributed by atoms with Crippen molar-refractivity contribution in [1.82, 2.24) is 15.5 Å². The fraction of sp³-hybridized carbons (Fsp3) is 0.938. The molecule has 1 amide bonds. The van der Waals surface area contributed by atoms with Gasteiger partial charge in [0.05, 0.1) is 5.54 Å². The molecule has 0 spiro atoms. The molecule has 1 heterocycles. The first-order valence-corrected chi connectivity index (χ1v) is 7.89. The van der Waals surface area contributed by atoms with Gasteiger partial charge >= 0.3 is 0 Å². The Hall–Kier alpha value is -0.610. The molecule has 1 saturated heterocycles. The first kappa shape index (κ1) is 17.4. The van der Waals surface area contributed by atoms with Gasteiger partial charge in [0.2, 0.25) is 5.91 Å². The van der Waals surface area contributed by atoms with Crippen LogP contribution < -0.4 is 10.6 Å². The Bertz CT molecular complexity index is 350. The van der Waals surface area contributed by atoms with Crippen LogP contribution in [0.15, 0.2) is 0 Å². The van der Waals surface area contributed by atoms with E-state index in [1.54, 1.807) is 0 Å². The van der Waals surface area contributed by atoms with Crippen molar-refractivity contribution in [3.8, 4) is 0 Å². The molecular formula is C16H33N3O. The van der Waals surface area contributed by atoms with Crippen molar-refractivity contribution in [3.63, 3.8) is 0 Å². The second-order valence-electron chi connectivity index (χ2n) is 7.70. The van der Waals surface area contributed by atoms with Crippen molar-refractivity contribution in [3.05, 3.63) is 0 Å². The Kier molecular flexibility index (Phi) is 5.25. The lowest BCUT2D eigenvalue weighted by atomic mass is 9.85. The van der Waals surface area contributed by atoms with E-state index in [4.69, 9.17) is 0 Å². The van der Waals surface area contributed by atoms with Gasteiger partial charge in [0.15, 0.2) is 0 Å². The number of piperazine rings is 1. The largest absolute Gasteiger partial charge is 0.339 e. The molecule has 4 nitrogen and oxygen atoms in total. The molecule has 1 rings (SSSR count). The first-order valence-electron chi connectivity index (χ1n) is 7.89. The minimum Gasteiger partial charge on any atom is -0.339 e. The normalized spacial score (nSPS) is 31.8. The Labute approximate surface area is 124 Å². The molecule has 0 aromatic carbocycles. The van der Waals surface area contributed by atoms with E-state index in [1.807, 2.05) is 11.8 Å². The predicted octanol–water partition coefficient (Wildman–Crippen LogP) is 2.14. The summed E-state index contributed by atoms with van der Waals surface area (Å²) in [4.78, 5) is 14.6. The van der Waals surface area contributed by atoms with Crippen LogP contribution >= 0.6 is 0 Å². The minimum atomic E-state index is -0.443. The van der Waals surface area contributed by atoms with Gasteiger partial charge in [-0.1, -0.05) is 13.8 Å². The van der Waals surface area contributed by atoms with Crippen LogP contribution in [0.5, 0.6) is 0 Å². The molecule has 0 aromatic rings. The molecule has 4 heteroatoms. The standard InChI is InChI=1S/C16H33N3O/c1-8-10-19-12-15(6,11-17-14(3,4)5)18-16(7,9-2)13(19)20/h17-18H,8-12H2,1-7H3. The van der Waals surface area contributed by atoms with E-state index in [1.165, 1.54) is 0 Å². The van der Waals surface area contributed by atoms with E-state index in [9.17, 15) is 4.79 Å². The summed E-state index contributed by atoms with van der Waals surface area (Å²) >= 11 is 0. The number of nitrogens with one attached hydrogen (secondary N) is 2. The second kappa shape index (κ2) is 6.02. The summed E-state index contributed by atoms with van der Waals surface area (Å²) in [7, 11) is 0. The number of hydrogen-bond donors (Lipinski definition) is 2. The van der Waals surface area contributed by atoms with Crippen molar-refractivity contribution in [2.24, 2.45) is 0 Å². The highest BCUT2D eigenvalue weighted by atomic mass is 16.2. The predicted molar refractivity (Wildman–Crippen MR) is 84.9 cm³/mol. The summed E-state index contributed by atoms with van der Waals surface area (Å²) in [5.74, 6) is 0.245. The average Bonchev–Trinajstić information content (AvgIpc) is 2.33. The van der Waals surface area contributed by atoms with Crippen molar-refractivity contribution >= 4 is 5.91 Å². The van der Waals surface area contributed by atoms with Crippen LogP contribution in [0.4, 0.5) is 0 Å². The molecule has 0 aliphatic carbocycles. The molecule has 20 heavy (non-hydrogen) atoms. The smallest absolute Gasteiger partial charge is 0.242 e. The fourth-order valence-electron chi connectivity index (χ4n) is 2.85. The van der Waals surface area contributed by atoms with Crippen molar-refractivity contribution in [2.45, 2.75) is 77.9 Å². The lowest BCUT2D eigenvalue weighted by molar-refractivity contribution is -0.145. The lowest BCUT2D eigenvalue weighted by Crippen LogP contribution is -2.74. The lowest BCUT2D eigenvalue weighted by Gasteiger charge is -2.50. The van der Waals surface area contributed by atoms with E-state index in [2.05, 4.69) is 52.2 Å². The molecule has 0 saturated carbocycles. The van der Waals surface area contributed by atoms with Gasteiger partial charge in [-0.2, -0.15) is 0 Å². The molecule has 2 unspecified atom stereocenters. The van der Waals surface area contributed by atoms with Crippen LogP contribution in [0.25, 0.3) is 0 Å². The van der Waals surface area contributed by atoms with Gasteiger partial charge < -0.3 is 10.2 Å². The number of rotatable bonds is 5. The summed E-state index contributed by atoms with van der Waals surface area (Å²) < 4.78 is 0. The van der Waals surface area contributed by atoms with Gasteiger partial charge in [-0.25, -0.2) is 0 Å². The van der Waals surface area contributed by atoms with Gasteiger partial charge in [-0.15, -0.1) is 0 Å². The Morgan fingerprint density at radius 3 is 2.35 bits per heavy atom. The Morgan fingerprint density at radius 1 is 1.30 bits per heavy atom.